The summed E-state index contributed by atoms with van der Waals surface area (Å²) in [6, 6.07) is 4.21. The van der Waals surface area contributed by atoms with Crippen molar-refractivity contribution in [3.63, 3.8) is 0 Å². The molecule has 0 spiro atoms. The molecule has 2 heterocycles. The van der Waals surface area contributed by atoms with E-state index in [0.29, 0.717) is 5.92 Å². The molecule has 0 unspecified atom stereocenters. The van der Waals surface area contributed by atoms with Crippen molar-refractivity contribution in [2.75, 3.05) is 0 Å². The first-order valence-corrected chi connectivity index (χ1v) is 4.62. The molecule has 0 atom stereocenters. The lowest BCUT2D eigenvalue weighted by molar-refractivity contribution is 0.527. The number of hydrogen-bond donors (Lipinski definition) is 0. The summed E-state index contributed by atoms with van der Waals surface area (Å²) in [5.74, 6) is 1.58. The lowest BCUT2D eigenvalue weighted by Gasteiger charge is -1.95. The maximum atomic E-state index is 5.59. The number of fused-ring (bicyclic) bond motifs is 1. The predicted octanol–water partition coefficient (Wildman–Crippen LogP) is 3.62. The highest BCUT2D eigenvalue weighted by Crippen LogP contribution is 2.28. The summed E-state index contributed by atoms with van der Waals surface area (Å²) in [4.78, 5) is 1.05. The fraction of sp³-hybridized carbons (Fsp3) is 0.333. The number of hydrogen-bond acceptors (Lipinski definition) is 2. The minimum atomic E-state index is 0.495. The first-order chi connectivity index (χ1) is 5.27. The van der Waals surface area contributed by atoms with Crippen LogP contribution < -0.4 is 0 Å². The van der Waals surface area contributed by atoms with Crippen LogP contribution in [0.5, 0.6) is 0 Å². The van der Waals surface area contributed by atoms with Crippen molar-refractivity contribution >= 4 is 21.6 Å². The maximum absolute atomic E-state index is 5.59. The molecule has 2 rings (SSSR count). The van der Waals surface area contributed by atoms with Gasteiger partial charge >= 0.3 is 0 Å². The lowest BCUT2D eigenvalue weighted by atomic mass is 10.1. The van der Waals surface area contributed by atoms with Gasteiger partial charge in [-0.1, -0.05) is 13.8 Å². The van der Waals surface area contributed by atoms with E-state index in [1.54, 1.807) is 11.3 Å². The van der Waals surface area contributed by atoms with E-state index in [1.165, 1.54) is 5.39 Å². The Balaban J connectivity index is 2.58. The Labute approximate surface area is 69.6 Å². The van der Waals surface area contributed by atoms with Crippen molar-refractivity contribution in [2.24, 2.45) is 0 Å². The Hall–Kier alpha value is -0.760. The third-order valence-corrected chi connectivity index (χ3v) is 2.54. The van der Waals surface area contributed by atoms with Crippen LogP contribution in [0.2, 0.25) is 0 Å². The molecular formula is C9H10OS. The van der Waals surface area contributed by atoms with Crippen LogP contribution in [-0.2, 0) is 0 Å². The van der Waals surface area contributed by atoms with Crippen LogP contribution in [0.1, 0.15) is 25.5 Å². The van der Waals surface area contributed by atoms with Crippen LogP contribution in [0.4, 0.5) is 0 Å². The van der Waals surface area contributed by atoms with E-state index in [4.69, 9.17) is 4.42 Å². The van der Waals surface area contributed by atoms with Crippen LogP contribution in [0.25, 0.3) is 10.3 Å². The van der Waals surface area contributed by atoms with E-state index in [9.17, 15) is 0 Å². The molecule has 1 nitrogen and oxygen atoms in total. The molecule has 0 aliphatic carbocycles. The Morgan fingerprint density at radius 3 is 2.91 bits per heavy atom. The van der Waals surface area contributed by atoms with Gasteiger partial charge in [0.1, 0.15) is 5.76 Å². The van der Waals surface area contributed by atoms with Crippen LogP contribution >= 0.6 is 11.3 Å². The number of rotatable bonds is 1. The Morgan fingerprint density at radius 1 is 1.45 bits per heavy atom. The van der Waals surface area contributed by atoms with Gasteiger partial charge in [0.2, 0.25) is 0 Å². The largest absolute Gasteiger partial charge is 0.450 e. The molecule has 2 heteroatoms. The Morgan fingerprint density at radius 2 is 2.27 bits per heavy atom. The smallest absolute Gasteiger partial charge is 0.187 e. The minimum Gasteiger partial charge on any atom is -0.450 e. The van der Waals surface area contributed by atoms with E-state index in [0.717, 1.165) is 10.7 Å². The summed E-state index contributed by atoms with van der Waals surface area (Å²) in [7, 11) is 0. The van der Waals surface area contributed by atoms with Crippen LogP contribution in [-0.4, -0.2) is 0 Å². The lowest BCUT2D eigenvalue weighted by Crippen LogP contribution is -1.79. The van der Waals surface area contributed by atoms with Crippen LogP contribution in [0, 0.1) is 0 Å². The minimum absolute atomic E-state index is 0.495. The van der Waals surface area contributed by atoms with E-state index in [1.807, 2.05) is 0 Å². The van der Waals surface area contributed by atoms with Crippen molar-refractivity contribution in [1.82, 2.24) is 0 Å². The fourth-order valence-electron chi connectivity index (χ4n) is 1.07. The monoisotopic (exact) mass is 166 g/mol. The quantitative estimate of drug-likeness (QED) is 0.630. The molecule has 0 saturated carbocycles. The first-order valence-electron chi connectivity index (χ1n) is 3.74. The average Bonchev–Trinajstić information content (AvgIpc) is 2.40. The van der Waals surface area contributed by atoms with Crippen LogP contribution in [0.3, 0.4) is 0 Å². The Bertz CT molecular complexity index is 328. The van der Waals surface area contributed by atoms with Gasteiger partial charge in [0.25, 0.3) is 0 Å². The molecule has 58 valence electrons. The molecule has 0 aliphatic rings. The van der Waals surface area contributed by atoms with Gasteiger partial charge < -0.3 is 4.42 Å². The summed E-state index contributed by atoms with van der Waals surface area (Å²) in [5.41, 5.74) is 0. The highest BCUT2D eigenvalue weighted by atomic mass is 32.1. The molecule has 0 radical (unpaired) electrons. The van der Waals surface area contributed by atoms with Crippen molar-refractivity contribution in [1.29, 1.82) is 0 Å². The molecular weight excluding hydrogens is 156 g/mol. The molecule has 2 aromatic heterocycles. The van der Waals surface area contributed by atoms with Crippen molar-refractivity contribution < 1.29 is 4.42 Å². The Kier molecular flexibility index (Phi) is 1.50. The average molecular weight is 166 g/mol. The highest BCUT2D eigenvalue weighted by Gasteiger charge is 2.06. The van der Waals surface area contributed by atoms with Gasteiger partial charge in [0, 0.05) is 11.3 Å². The van der Waals surface area contributed by atoms with Crippen LogP contribution in [0.15, 0.2) is 21.9 Å². The SMILES string of the molecule is CC(C)c1cc2ccsc2o1. The van der Waals surface area contributed by atoms with Gasteiger partial charge in [0.15, 0.2) is 4.90 Å². The molecule has 0 N–H and O–H groups in total. The van der Waals surface area contributed by atoms with Crippen molar-refractivity contribution in [3.05, 3.63) is 23.3 Å². The number of furan rings is 1. The summed E-state index contributed by atoms with van der Waals surface area (Å²) in [6.45, 7) is 4.28. The number of thiophene rings is 1. The second kappa shape index (κ2) is 2.38. The fourth-order valence-corrected chi connectivity index (χ4v) is 1.82. The standard InChI is InChI=1S/C9H10OS/c1-6(2)8-5-7-3-4-11-9(7)10-8/h3-6H,1-2H3. The predicted molar refractivity (Wildman–Crippen MR) is 48.2 cm³/mol. The van der Waals surface area contributed by atoms with Crippen molar-refractivity contribution in [3.8, 4) is 0 Å². The van der Waals surface area contributed by atoms with Gasteiger partial charge in [-0.2, -0.15) is 0 Å². The van der Waals surface area contributed by atoms with E-state index in [2.05, 4.69) is 31.4 Å². The molecule has 0 amide bonds. The molecule has 0 saturated heterocycles. The molecule has 0 aromatic carbocycles. The molecule has 0 bridgehead atoms. The molecule has 0 fully saturated rings. The summed E-state index contributed by atoms with van der Waals surface area (Å²) < 4.78 is 5.59. The zero-order chi connectivity index (χ0) is 7.84. The molecule has 11 heavy (non-hydrogen) atoms. The van der Waals surface area contributed by atoms with Gasteiger partial charge in [-0.3, -0.25) is 0 Å². The maximum Gasteiger partial charge on any atom is 0.187 e. The highest BCUT2D eigenvalue weighted by molar-refractivity contribution is 7.16. The van der Waals surface area contributed by atoms with E-state index in [-0.39, 0.29) is 0 Å². The zero-order valence-corrected chi connectivity index (χ0v) is 7.44. The van der Waals surface area contributed by atoms with Crippen molar-refractivity contribution in [2.45, 2.75) is 19.8 Å². The zero-order valence-electron chi connectivity index (χ0n) is 6.63. The third kappa shape index (κ3) is 1.07. The normalized spacial score (nSPS) is 11.5. The summed E-state index contributed by atoms with van der Waals surface area (Å²) >= 11 is 1.66. The topological polar surface area (TPSA) is 13.1 Å². The third-order valence-electron chi connectivity index (χ3n) is 1.74. The van der Waals surface area contributed by atoms with E-state index < -0.39 is 0 Å². The van der Waals surface area contributed by atoms with E-state index >= 15 is 0 Å². The second-order valence-corrected chi connectivity index (χ2v) is 3.85. The first kappa shape index (κ1) is 6.92. The van der Waals surface area contributed by atoms with Gasteiger partial charge in [-0.05, 0) is 17.5 Å². The molecule has 0 aliphatic heterocycles. The van der Waals surface area contributed by atoms with Gasteiger partial charge in [-0.25, -0.2) is 0 Å². The summed E-state index contributed by atoms with van der Waals surface area (Å²) in [6.07, 6.45) is 0. The van der Waals surface area contributed by atoms with Gasteiger partial charge in [-0.15, -0.1) is 11.3 Å². The second-order valence-electron chi connectivity index (χ2n) is 2.97. The summed E-state index contributed by atoms with van der Waals surface area (Å²) in [5, 5.41) is 3.29. The molecule has 2 aromatic rings. The van der Waals surface area contributed by atoms with Gasteiger partial charge in [0.05, 0.1) is 0 Å².